The smallest absolute Gasteiger partial charge is 0.188 e. The molecule has 0 radical (unpaired) electrons. The Morgan fingerprint density at radius 2 is 1.92 bits per heavy atom. The van der Waals surface area contributed by atoms with Crippen LogP contribution in [0.15, 0.2) is 23.6 Å². The molecule has 0 amide bonds. The van der Waals surface area contributed by atoms with Crippen molar-refractivity contribution in [3.05, 3.63) is 18.5 Å². The Balaban J connectivity index is 1.75. The summed E-state index contributed by atoms with van der Waals surface area (Å²) in [6.45, 7) is 0. The van der Waals surface area contributed by atoms with Crippen LogP contribution in [0.1, 0.15) is 19.3 Å². The van der Waals surface area contributed by atoms with E-state index < -0.39 is 0 Å². The van der Waals surface area contributed by atoms with Crippen LogP contribution < -0.4 is 0 Å². The monoisotopic (exact) mass is 178 g/mol. The minimum atomic E-state index is 0.562. The van der Waals surface area contributed by atoms with Gasteiger partial charge >= 0.3 is 0 Å². The number of nitrogens with zero attached hydrogens (tertiary/aromatic N) is 2. The van der Waals surface area contributed by atoms with Crippen LogP contribution in [0.5, 0.6) is 0 Å². The van der Waals surface area contributed by atoms with Gasteiger partial charge in [-0.15, -0.1) is 0 Å². The predicted molar refractivity (Wildman–Crippen MR) is 48.0 cm³/mol. The van der Waals surface area contributed by atoms with Crippen LogP contribution in [-0.4, -0.2) is 14.7 Å². The van der Waals surface area contributed by atoms with E-state index in [2.05, 4.69) is 9.97 Å². The van der Waals surface area contributed by atoms with Crippen molar-refractivity contribution in [2.45, 2.75) is 29.2 Å². The Labute approximate surface area is 75.8 Å². The summed E-state index contributed by atoms with van der Waals surface area (Å²) >= 11 is 1.88. The van der Waals surface area contributed by atoms with E-state index in [9.17, 15) is 0 Å². The Morgan fingerprint density at radius 3 is 2.42 bits per heavy atom. The fourth-order valence-electron chi connectivity index (χ4n) is 2.06. The number of rotatable bonds is 2. The van der Waals surface area contributed by atoms with Crippen LogP contribution in [0.3, 0.4) is 0 Å². The second kappa shape index (κ2) is 2.22. The van der Waals surface area contributed by atoms with Crippen LogP contribution in [0, 0.1) is 5.92 Å². The first kappa shape index (κ1) is 6.89. The lowest BCUT2D eigenvalue weighted by molar-refractivity contribution is 0.0577. The molecule has 0 saturated heterocycles. The highest BCUT2D eigenvalue weighted by atomic mass is 32.2. The van der Waals surface area contributed by atoms with Gasteiger partial charge in [0.2, 0.25) is 0 Å². The van der Waals surface area contributed by atoms with Crippen molar-refractivity contribution < 1.29 is 0 Å². The molecule has 3 heteroatoms. The van der Waals surface area contributed by atoms with Crippen LogP contribution in [0.25, 0.3) is 0 Å². The van der Waals surface area contributed by atoms with E-state index in [1.807, 2.05) is 30.2 Å². The molecule has 62 valence electrons. The molecule has 0 aromatic carbocycles. The van der Waals surface area contributed by atoms with E-state index >= 15 is 0 Å². The summed E-state index contributed by atoms with van der Waals surface area (Å²) in [6, 6.07) is 1.87. The van der Waals surface area contributed by atoms with Crippen LogP contribution >= 0.6 is 11.8 Å². The van der Waals surface area contributed by atoms with Gasteiger partial charge in [0.25, 0.3) is 0 Å². The van der Waals surface area contributed by atoms with Crippen LogP contribution in [0.4, 0.5) is 0 Å². The molecule has 0 N–H and O–H groups in total. The van der Waals surface area contributed by atoms with Crippen molar-refractivity contribution in [3.8, 4) is 0 Å². The summed E-state index contributed by atoms with van der Waals surface area (Å²) in [7, 11) is 0. The van der Waals surface area contributed by atoms with Gasteiger partial charge in [-0.05, 0) is 31.2 Å². The Kier molecular flexibility index (Phi) is 1.28. The molecule has 0 unspecified atom stereocenters. The highest BCUT2D eigenvalue weighted by Crippen LogP contribution is 2.65. The lowest BCUT2D eigenvalue weighted by atomic mass is 9.55. The molecule has 3 aliphatic carbocycles. The second-order valence-corrected chi connectivity index (χ2v) is 5.23. The summed E-state index contributed by atoms with van der Waals surface area (Å²) in [5.74, 6) is 1.04. The summed E-state index contributed by atoms with van der Waals surface area (Å²) in [5, 5.41) is 0.954. The summed E-state index contributed by atoms with van der Waals surface area (Å²) in [5.41, 5.74) is 0. The van der Waals surface area contributed by atoms with Crippen LogP contribution in [0.2, 0.25) is 0 Å². The normalized spacial score (nSPS) is 36.8. The van der Waals surface area contributed by atoms with Gasteiger partial charge in [-0.1, -0.05) is 11.8 Å². The third-order valence-corrected chi connectivity index (χ3v) is 4.16. The van der Waals surface area contributed by atoms with Crippen molar-refractivity contribution in [1.82, 2.24) is 9.97 Å². The first-order valence-corrected chi connectivity index (χ1v) is 5.14. The predicted octanol–water partition coefficient (Wildman–Crippen LogP) is 2.12. The molecule has 3 saturated carbocycles. The third kappa shape index (κ3) is 0.891. The van der Waals surface area contributed by atoms with Gasteiger partial charge < -0.3 is 0 Å². The van der Waals surface area contributed by atoms with Crippen molar-refractivity contribution in [2.24, 2.45) is 5.92 Å². The van der Waals surface area contributed by atoms with Gasteiger partial charge in [0, 0.05) is 17.1 Å². The number of thioether (sulfide) groups is 1. The van der Waals surface area contributed by atoms with E-state index in [1.165, 1.54) is 19.3 Å². The van der Waals surface area contributed by atoms with E-state index in [0.717, 1.165) is 11.1 Å². The van der Waals surface area contributed by atoms with Gasteiger partial charge in [-0.2, -0.15) is 0 Å². The van der Waals surface area contributed by atoms with Gasteiger partial charge in [-0.25, -0.2) is 9.97 Å². The Morgan fingerprint density at radius 1 is 1.25 bits per heavy atom. The molecule has 0 aliphatic heterocycles. The summed E-state index contributed by atoms with van der Waals surface area (Å²) in [6.07, 6.45) is 7.84. The van der Waals surface area contributed by atoms with Crippen molar-refractivity contribution in [3.63, 3.8) is 0 Å². The largest absolute Gasteiger partial charge is 0.231 e. The third-order valence-electron chi connectivity index (χ3n) is 2.83. The molecule has 3 fully saturated rings. The quantitative estimate of drug-likeness (QED) is 0.649. The first-order valence-electron chi connectivity index (χ1n) is 4.32. The van der Waals surface area contributed by atoms with Gasteiger partial charge in [0.05, 0.1) is 0 Å². The van der Waals surface area contributed by atoms with E-state index in [-0.39, 0.29) is 0 Å². The highest BCUT2D eigenvalue weighted by Gasteiger charge is 2.57. The molecular formula is C9H10N2S. The average Bonchev–Trinajstić information content (AvgIpc) is 1.97. The lowest BCUT2D eigenvalue weighted by Gasteiger charge is -2.60. The molecule has 3 aliphatic rings. The molecule has 4 rings (SSSR count). The minimum absolute atomic E-state index is 0.562. The molecule has 1 heterocycles. The standard InChI is InChI=1S/C9H10N2S/c1-2-10-8(11-3-1)12-9-4-7(5-9)6-9/h1-3,7H,4-6H2. The van der Waals surface area contributed by atoms with E-state index in [0.29, 0.717) is 4.75 Å². The molecule has 12 heavy (non-hydrogen) atoms. The zero-order chi connectivity index (χ0) is 8.02. The number of hydrogen-bond donors (Lipinski definition) is 0. The van der Waals surface area contributed by atoms with E-state index in [1.54, 1.807) is 0 Å². The van der Waals surface area contributed by atoms with Crippen molar-refractivity contribution >= 4 is 11.8 Å². The zero-order valence-electron chi connectivity index (χ0n) is 6.73. The summed E-state index contributed by atoms with van der Waals surface area (Å²) in [4.78, 5) is 8.44. The molecule has 1 aromatic heterocycles. The first-order chi connectivity index (χ1) is 5.86. The average molecular weight is 178 g/mol. The number of hydrogen-bond acceptors (Lipinski definition) is 3. The molecule has 0 atom stereocenters. The van der Waals surface area contributed by atoms with Gasteiger partial charge in [0.15, 0.2) is 5.16 Å². The molecule has 2 bridgehead atoms. The minimum Gasteiger partial charge on any atom is -0.231 e. The maximum atomic E-state index is 4.22. The fourth-order valence-corrected chi connectivity index (χ4v) is 3.63. The van der Waals surface area contributed by atoms with E-state index in [4.69, 9.17) is 0 Å². The Bertz CT molecular complexity index is 282. The molecule has 2 nitrogen and oxygen atoms in total. The lowest BCUT2D eigenvalue weighted by Crippen LogP contribution is -2.55. The maximum Gasteiger partial charge on any atom is 0.188 e. The number of aromatic nitrogens is 2. The van der Waals surface area contributed by atoms with Crippen molar-refractivity contribution in [2.75, 3.05) is 0 Å². The molecule has 1 aromatic rings. The zero-order valence-corrected chi connectivity index (χ0v) is 7.55. The van der Waals surface area contributed by atoms with Crippen LogP contribution in [-0.2, 0) is 0 Å². The fraction of sp³-hybridized carbons (Fsp3) is 0.556. The van der Waals surface area contributed by atoms with Crippen molar-refractivity contribution in [1.29, 1.82) is 0 Å². The van der Waals surface area contributed by atoms with Gasteiger partial charge in [-0.3, -0.25) is 0 Å². The Hall–Kier alpha value is -0.570. The molecule has 0 spiro atoms. The second-order valence-electron chi connectivity index (χ2n) is 3.79. The highest BCUT2D eigenvalue weighted by molar-refractivity contribution is 8.00. The molecular weight excluding hydrogens is 168 g/mol. The van der Waals surface area contributed by atoms with Gasteiger partial charge in [0.1, 0.15) is 0 Å². The SMILES string of the molecule is c1cnc(SC23CC(C2)C3)nc1. The topological polar surface area (TPSA) is 25.8 Å². The summed E-state index contributed by atoms with van der Waals surface area (Å²) < 4.78 is 0.562. The maximum absolute atomic E-state index is 4.22.